The second kappa shape index (κ2) is 5.12. The van der Waals surface area contributed by atoms with E-state index in [1.54, 1.807) is 4.72 Å². The van der Waals surface area contributed by atoms with Crippen molar-refractivity contribution >= 4 is 15.7 Å². The van der Waals surface area contributed by atoms with Gasteiger partial charge in [-0.2, -0.15) is 0 Å². The Balaban J connectivity index is 2.41. The molecule has 3 nitrogen and oxygen atoms in total. The Morgan fingerprint density at radius 1 is 0.800 bits per heavy atom. The number of hydrogen-bond donors (Lipinski definition) is 1. The Bertz CT molecular complexity index is 762. The first-order valence-electron chi connectivity index (χ1n) is 5.22. The summed E-state index contributed by atoms with van der Waals surface area (Å²) < 4.78 is 77.6. The molecule has 0 aliphatic rings. The van der Waals surface area contributed by atoms with Crippen LogP contribution >= 0.6 is 0 Å². The lowest BCUT2D eigenvalue weighted by Gasteiger charge is -2.09. The third kappa shape index (κ3) is 2.90. The first-order valence-corrected chi connectivity index (χ1v) is 6.71. The highest BCUT2D eigenvalue weighted by atomic mass is 32.2. The fourth-order valence-corrected chi connectivity index (χ4v) is 2.59. The molecule has 0 aliphatic heterocycles. The highest BCUT2D eigenvalue weighted by Crippen LogP contribution is 2.22. The van der Waals surface area contributed by atoms with E-state index in [9.17, 15) is 26.0 Å². The van der Waals surface area contributed by atoms with Gasteiger partial charge >= 0.3 is 0 Å². The summed E-state index contributed by atoms with van der Waals surface area (Å²) in [6.07, 6.45) is 0. The Hall–Kier alpha value is -2.09. The zero-order valence-electron chi connectivity index (χ0n) is 9.70. The largest absolute Gasteiger partial charge is 0.277 e. The van der Waals surface area contributed by atoms with Crippen LogP contribution in [0.3, 0.4) is 0 Å². The molecular formula is C12H7F4NO2S. The van der Waals surface area contributed by atoms with E-state index in [2.05, 4.69) is 0 Å². The first kappa shape index (κ1) is 14.3. The van der Waals surface area contributed by atoms with E-state index < -0.39 is 43.9 Å². The molecule has 0 atom stereocenters. The van der Waals surface area contributed by atoms with E-state index in [4.69, 9.17) is 0 Å². The number of hydrogen-bond acceptors (Lipinski definition) is 2. The molecule has 1 N–H and O–H groups in total. The third-order valence-corrected chi connectivity index (χ3v) is 3.76. The molecule has 20 heavy (non-hydrogen) atoms. The molecule has 0 saturated carbocycles. The molecule has 8 heteroatoms. The van der Waals surface area contributed by atoms with Gasteiger partial charge in [0.1, 0.15) is 28.2 Å². The number of benzene rings is 2. The second-order valence-corrected chi connectivity index (χ2v) is 5.46. The maximum atomic E-state index is 13.4. The van der Waals surface area contributed by atoms with Crippen LogP contribution in [0.2, 0.25) is 0 Å². The topological polar surface area (TPSA) is 46.2 Å². The molecule has 0 spiro atoms. The van der Waals surface area contributed by atoms with Crippen LogP contribution in [0.4, 0.5) is 23.2 Å². The van der Waals surface area contributed by atoms with Crippen LogP contribution < -0.4 is 4.72 Å². The van der Waals surface area contributed by atoms with Gasteiger partial charge in [0.05, 0.1) is 5.69 Å². The lowest BCUT2D eigenvalue weighted by molar-refractivity contribution is 0.550. The molecule has 0 amide bonds. The summed E-state index contributed by atoms with van der Waals surface area (Å²) in [5.74, 6) is -4.32. The van der Waals surface area contributed by atoms with E-state index >= 15 is 0 Å². The van der Waals surface area contributed by atoms with Gasteiger partial charge in [0, 0.05) is 12.1 Å². The van der Waals surface area contributed by atoms with Crippen molar-refractivity contribution in [1.29, 1.82) is 0 Å². The van der Waals surface area contributed by atoms with Crippen molar-refractivity contribution in [1.82, 2.24) is 0 Å². The molecule has 0 aliphatic carbocycles. The Morgan fingerprint density at radius 3 is 1.90 bits per heavy atom. The van der Waals surface area contributed by atoms with Gasteiger partial charge < -0.3 is 0 Å². The van der Waals surface area contributed by atoms with Crippen molar-refractivity contribution in [2.24, 2.45) is 0 Å². The summed E-state index contributed by atoms with van der Waals surface area (Å²) in [5.41, 5.74) is -0.546. The predicted octanol–water partition coefficient (Wildman–Crippen LogP) is 3.04. The molecule has 0 saturated heterocycles. The van der Waals surface area contributed by atoms with Crippen molar-refractivity contribution in [2.45, 2.75) is 4.90 Å². The number of nitrogens with one attached hydrogen (secondary N) is 1. The molecule has 0 heterocycles. The Morgan fingerprint density at radius 2 is 1.35 bits per heavy atom. The smallest absolute Gasteiger partial charge is 0.264 e. The molecule has 2 rings (SSSR count). The maximum absolute atomic E-state index is 13.4. The van der Waals surface area contributed by atoms with Crippen molar-refractivity contribution in [3.05, 3.63) is 59.7 Å². The third-order valence-electron chi connectivity index (χ3n) is 2.36. The zero-order chi connectivity index (χ0) is 14.9. The zero-order valence-corrected chi connectivity index (χ0v) is 10.5. The van der Waals surface area contributed by atoms with Crippen LogP contribution in [-0.4, -0.2) is 8.42 Å². The Kier molecular flexibility index (Phi) is 3.67. The van der Waals surface area contributed by atoms with Gasteiger partial charge in [-0.25, -0.2) is 26.0 Å². The molecule has 0 unspecified atom stereocenters. The molecule has 0 bridgehead atoms. The van der Waals surface area contributed by atoms with Crippen molar-refractivity contribution < 1.29 is 26.0 Å². The van der Waals surface area contributed by atoms with Gasteiger partial charge in [-0.15, -0.1) is 0 Å². The van der Waals surface area contributed by atoms with Crippen LogP contribution in [0.5, 0.6) is 0 Å². The van der Waals surface area contributed by atoms with E-state index in [1.807, 2.05) is 0 Å². The number of halogens is 4. The minimum atomic E-state index is -4.45. The second-order valence-electron chi connectivity index (χ2n) is 3.80. The van der Waals surface area contributed by atoms with E-state index in [1.165, 1.54) is 0 Å². The normalized spacial score (nSPS) is 11.4. The highest BCUT2D eigenvalue weighted by Gasteiger charge is 2.21. The average molecular weight is 305 g/mol. The van der Waals surface area contributed by atoms with Gasteiger partial charge in [-0.1, -0.05) is 0 Å². The van der Waals surface area contributed by atoms with Crippen molar-refractivity contribution in [2.75, 3.05) is 4.72 Å². The summed E-state index contributed by atoms with van der Waals surface area (Å²) >= 11 is 0. The standard InChI is InChI=1S/C12H7F4NO2S/c13-7-1-3-11(9(15)5-7)17-20(18,19)12-4-2-8(14)6-10(12)16/h1-6,17H. The van der Waals surface area contributed by atoms with Gasteiger partial charge in [-0.05, 0) is 24.3 Å². The lowest BCUT2D eigenvalue weighted by atomic mass is 10.3. The van der Waals surface area contributed by atoms with Crippen molar-refractivity contribution in [3.63, 3.8) is 0 Å². The fourth-order valence-electron chi connectivity index (χ4n) is 1.47. The minimum Gasteiger partial charge on any atom is -0.277 e. The fraction of sp³-hybridized carbons (Fsp3) is 0. The van der Waals surface area contributed by atoms with Crippen LogP contribution in [0, 0.1) is 23.3 Å². The van der Waals surface area contributed by atoms with E-state index in [-0.39, 0.29) is 0 Å². The summed E-state index contributed by atoms with van der Waals surface area (Å²) in [7, 11) is -4.45. The van der Waals surface area contributed by atoms with Gasteiger partial charge in [0.25, 0.3) is 10.0 Å². The number of sulfonamides is 1. The van der Waals surface area contributed by atoms with E-state index in [0.717, 1.165) is 18.2 Å². The molecule has 106 valence electrons. The van der Waals surface area contributed by atoms with Crippen molar-refractivity contribution in [3.8, 4) is 0 Å². The predicted molar refractivity (Wildman–Crippen MR) is 63.5 cm³/mol. The van der Waals surface area contributed by atoms with Gasteiger partial charge in [0.15, 0.2) is 0 Å². The molecule has 2 aromatic rings. The first-order chi connectivity index (χ1) is 9.29. The molecule has 0 radical (unpaired) electrons. The summed E-state index contributed by atoms with van der Waals surface area (Å²) in [6, 6.07) is 3.99. The molecule has 0 fully saturated rings. The van der Waals surface area contributed by atoms with Gasteiger partial charge in [-0.3, -0.25) is 4.72 Å². The number of rotatable bonds is 3. The van der Waals surface area contributed by atoms with E-state index in [0.29, 0.717) is 18.2 Å². The number of anilines is 1. The molecule has 2 aromatic carbocycles. The quantitative estimate of drug-likeness (QED) is 0.886. The molecular weight excluding hydrogens is 298 g/mol. The highest BCUT2D eigenvalue weighted by molar-refractivity contribution is 7.92. The van der Waals surface area contributed by atoms with Crippen LogP contribution in [0.1, 0.15) is 0 Å². The van der Waals surface area contributed by atoms with Crippen LogP contribution in [-0.2, 0) is 10.0 Å². The molecule has 0 aromatic heterocycles. The summed E-state index contributed by atoms with van der Waals surface area (Å²) in [4.78, 5) is -0.845. The maximum Gasteiger partial charge on any atom is 0.264 e. The average Bonchev–Trinajstić information content (AvgIpc) is 2.32. The van der Waals surface area contributed by atoms with Crippen LogP contribution in [0.15, 0.2) is 41.3 Å². The monoisotopic (exact) mass is 305 g/mol. The summed E-state index contributed by atoms with van der Waals surface area (Å²) in [6.45, 7) is 0. The summed E-state index contributed by atoms with van der Waals surface area (Å²) in [5, 5.41) is 0. The minimum absolute atomic E-state index is 0.385. The van der Waals surface area contributed by atoms with Crippen LogP contribution in [0.25, 0.3) is 0 Å². The Labute approximate surface area is 111 Å². The SMILES string of the molecule is O=S(=O)(Nc1ccc(F)cc1F)c1ccc(F)cc1F. The lowest BCUT2D eigenvalue weighted by Crippen LogP contribution is -2.15. The van der Waals surface area contributed by atoms with Gasteiger partial charge in [0.2, 0.25) is 0 Å².